The van der Waals surface area contributed by atoms with Gasteiger partial charge in [0.05, 0.1) is 6.20 Å². The molecule has 0 radical (unpaired) electrons. The summed E-state index contributed by atoms with van der Waals surface area (Å²) in [5.74, 6) is -0.584. The highest BCUT2D eigenvalue weighted by Gasteiger charge is 2.17. The van der Waals surface area contributed by atoms with E-state index in [1.807, 2.05) is 0 Å². The number of primary amides is 1. The van der Waals surface area contributed by atoms with Crippen LogP contribution in [0.1, 0.15) is 35.5 Å². The van der Waals surface area contributed by atoms with E-state index >= 15 is 0 Å². The molecule has 0 bridgehead atoms. The lowest BCUT2D eigenvalue weighted by molar-refractivity contribution is 0.1000. The van der Waals surface area contributed by atoms with Crippen LogP contribution < -0.4 is 16.4 Å². The average Bonchev–Trinajstić information content (AvgIpc) is 2.88. The van der Waals surface area contributed by atoms with E-state index < -0.39 is 5.91 Å². The minimum absolute atomic E-state index is 0.196. The lowest BCUT2D eigenvalue weighted by Gasteiger charge is -2.11. The van der Waals surface area contributed by atoms with Gasteiger partial charge in [-0.3, -0.25) is 10.1 Å². The van der Waals surface area contributed by atoms with Crippen LogP contribution in [0.3, 0.4) is 0 Å². The number of carbonyl (C=O) groups is 2. The van der Waals surface area contributed by atoms with Crippen LogP contribution in [0, 0.1) is 0 Å². The molecule has 2 rings (SSSR count). The Morgan fingerprint density at radius 1 is 1.41 bits per heavy atom. The average molecular weight is 254 g/mol. The first-order chi connectivity index (χ1) is 8.15. The molecule has 0 saturated heterocycles. The third-order valence-electron chi connectivity index (χ3n) is 2.64. The maximum Gasteiger partial charge on any atom is 0.320 e. The maximum atomic E-state index is 11.6. The summed E-state index contributed by atoms with van der Waals surface area (Å²) in [5, 5.41) is 6.24. The minimum atomic E-state index is -0.584. The number of nitrogens with zero attached hydrogens (tertiary/aromatic N) is 1. The standard InChI is InChI=1S/C10H14N4O2S/c11-8(15)9-12-5-7(17-9)14-10(16)13-6-3-1-2-4-6/h5-6H,1-4H2,(H2,11,15)(H2,13,14,16). The highest BCUT2D eigenvalue weighted by molar-refractivity contribution is 7.17. The molecule has 1 aliphatic carbocycles. The normalized spacial score (nSPS) is 15.8. The summed E-state index contributed by atoms with van der Waals surface area (Å²) in [6, 6.07) is 0.00935. The van der Waals surface area contributed by atoms with Crippen LogP contribution in [0.5, 0.6) is 0 Å². The summed E-state index contributed by atoms with van der Waals surface area (Å²) in [5.41, 5.74) is 5.07. The molecule has 1 heterocycles. The van der Waals surface area contributed by atoms with Crippen molar-refractivity contribution in [3.63, 3.8) is 0 Å². The zero-order chi connectivity index (χ0) is 12.3. The van der Waals surface area contributed by atoms with Crippen LogP contribution >= 0.6 is 11.3 Å². The molecule has 0 aromatic carbocycles. The van der Waals surface area contributed by atoms with Gasteiger partial charge in [-0.05, 0) is 12.8 Å². The Morgan fingerprint density at radius 3 is 2.71 bits per heavy atom. The second-order valence-corrected chi connectivity index (χ2v) is 5.00. The Hall–Kier alpha value is -1.63. The smallest absolute Gasteiger partial charge is 0.320 e. The number of urea groups is 1. The molecule has 0 unspecified atom stereocenters. The van der Waals surface area contributed by atoms with Crippen molar-refractivity contribution in [3.05, 3.63) is 11.2 Å². The summed E-state index contributed by atoms with van der Waals surface area (Å²) in [6.45, 7) is 0. The van der Waals surface area contributed by atoms with Crippen LogP contribution in [0.15, 0.2) is 6.20 Å². The van der Waals surface area contributed by atoms with Crippen LogP contribution in [-0.4, -0.2) is 23.0 Å². The van der Waals surface area contributed by atoms with Crippen LogP contribution in [0.2, 0.25) is 0 Å². The fourth-order valence-electron chi connectivity index (χ4n) is 1.85. The SMILES string of the molecule is NC(=O)c1ncc(NC(=O)NC2CCCC2)s1. The molecule has 0 atom stereocenters. The number of anilines is 1. The summed E-state index contributed by atoms with van der Waals surface area (Å²) in [6.07, 6.45) is 5.82. The van der Waals surface area contributed by atoms with Gasteiger partial charge in [-0.25, -0.2) is 9.78 Å². The molecule has 4 N–H and O–H groups in total. The van der Waals surface area contributed by atoms with Gasteiger partial charge < -0.3 is 11.1 Å². The van der Waals surface area contributed by atoms with E-state index in [0.29, 0.717) is 5.00 Å². The summed E-state index contributed by atoms with van der Waals surface area (Å²) < 4.78 is 0. The van der Waals surface area contributed by atoms with Crippen molar-refractivity contribution in [3.8, 4) is 0 Å². The first kappa shape index (κ1) is 11.8. The number of carbonyl (C=O) groups excluding carboxylic acids is 2. The number of thiazole rings is 1. The molecule has 1 fully saturated rings. The van der Waals surface area contributed by atoms with Crippen molar-refractivity contribution in [2.24, 2.45) is 5.73 Å². The van der Waals surface area contributed by atoms with E-state index in [2.05, 4.69) is 15.6 Å². The number of hydrogen-bond donors (Lipinski definition) is 3. The van der Waals surface area contributed by atoms with E-state index in [1.54, 1.807) is 0 Å². The first-order valence-electron chi connectivity index (χ1n) is 5.48. The lowest BCUT2D eigenvalue weighted by Crippen LogP contribution is -2.35. The number of aromatic nitrogens is 1. The molecule has 17 heavy (non-hydrogen) atoms. The van der Waals surface area contributed by atoms with E-state index in [9.17, 15) is 9.59 Å². The van der Waals surface area contributed by atoms with Crippen LogP contribution in [-0.2, 0) is 0 Å². The predicted octanol–water partition coefficient (Wildman–Crippen LogP) is 1.31. The predicted molar refractivity (Wildman–Crippen MR) is 65.0 cm³/mol. The zero-order valence-electron chi connectivity index (χ0n) is 9.23. The molecule has 92 valence electrons. The molecular formula is C10H14N4O2S. The van der Waals surface area contributed by atoms with Gasteiger partial charge in [0.25, 0.3) is 5.91 Å². The van der Waals surface area contributed by atoms with Gasteiger partial charge in [-0.15, -0.1) is 0 Å². The van der Waals surface area contributed by atoms with Crippen molar-refractivity contribution in [2.75, 3.05) is 5.32 Å². The van der Waals surface area contributed by atoms with Crippen molar-refractivity contribution < 1.29 is 9.59 Å². The Kier molecular flexibility index (Phi) is 3.58. The Morgan fingerprint density at radius 2 is 2.12 bits per heavy atom. The molecular weight excluding hydrogens is 240 g/mol. The molecule has 3 amide bonds. The van der Waals surface area contributed by atoms with Crippen LogP contribution in [0.4, 0.5) is 9.80 Å². The zero-order valence-corrected chi connectivity index (χ0v) is 10.0. The number of rotatable bonds is 3. The van der Waals surface area contributed by atoms with E-state index in [0.717, 1.165) is 37.0 Å². The molecule has 1 saturated carbocycles. The Balaban J connectivity index is 1.86. The molecule has 6 nitrogen and oxygen atoms in total. The third kappa shape index (κ3) is 3.16. The number of amides is 3. The molecule has 7 heteroatoms. The number of nitrogens with two attached hydrogens (primary N) is 1. The second-order valence-electron chi connectivity index (χ2n) is 3.97. The minimum Gasteiger partial charge on any atom is -0.364 e. The van der Waals surface area contributed by atoms with Crippen molar-refractivity contribution >= 4 is 28.3 Å². The van der Waals surface area contributed by atoms with Crippen molar-refractivity contribution in [1.82, 2.24) is 10.3 Å². The van der Waals surface area contributed by atoms with Gasteiger partial charge in [0, 0.05) is 6.04 Å². The van der Waals surface area contributed by atoms with Gasteiger partial charge in [0.1, 0.15) is 5.00 Å². The van der Waals surface area contributed by atoms with Gasteiger partial charge in [0.2, 0.25) is 0 Å². The fraction of sp³-hybridized carbons (Fsp3) is 0.500. The first-order valence-corrected chi connectivity index (χ1v) is 6.30. The highest BCUT2D eigenvalue weighted by atomic mass is 32.1. The fourth-order valence-corrected chi connectivity index (χ4v) is 2.51. The van der Waals surface area contributed by atoms with E-state index in [4.69, 9.17) is 5.73 Å². The molecule has 0 spiro atoms. The van der Waals surface area contributed by atoms with Crippen LogP contribution in [0.25, 0.3) is 0 Å². The van der Waals surface area contributed by atoms with Gasteiger partial charge in [-0.1, -0.05) is 24.2 Å². The summed E-state index contributed by atoms with van der Waals surface area (Å²) >= 11 is 1.07. The third-order valence-corrected chi connectivity index (χ3v) is 3.57. The summed E-state index contributed by atoms with van der Waals surface area (Å²) in [7, 11) is 0. The maximum absolute atomic E-state index is 11.6. The van der Waals surface area contributed by atoms with Gasteiger partial charge >= 0.3 is 6.03 Å². The monoisotopic (exact) mass is 254 g/mol. The molecule has 1 aliphatic rings. The number of hydrogen-bond acceptors (Lipinski definition) is 4. The van der Waals surface area contributed by atoms with E-state index in [1.165, 1.54) is 6.20 Å². The van der Waals surface area contributed by atoms with Gasteiger partial charge in [0.15, 0.2) is 5.01 Å². The molecule has 1 aromatic heterocycles. The largest absolute Gasteiger partial charge is 0.364 e. The Bertz CT molecular complexity index is 426. The van der Waals surface area contributed by atoms with Crippen molar-refractivity contribution in [2.45, 2.75) is 31.7 Å². The lowest BCUT2D eigenvalue weighted by atomic mass is 10.3. The molecule has 1 aromatic rings. The van der Waals surface area contributed by atoms with Gasteiger partial charge in [-0.2, -0.15) is 0 Å². The molecule has 0 aliphatic heterocycles. The van der Waals surface area contributed by atoms with E-state index in [-0.39, 0.29) is 17.1 Å². The van der Waals surface area contributed by atoms with Crippen molar-refractivity contribution in [1.29, 1.82) is 0 Å². The Labute approximate surface area is 103 Å². The number of nitrogens with one attached hydrogen (secondary N) is 2. The second kappa shape index (κ2) is 5.13. The summed E-state index contributed by atoms with van der Waals surface area (Å²) in [4.78, 5) is 26.2. The topological polar surface area (TPSA) is 97.1 Å². The highest BCUT2D eigenvalue weighted by Crippen LogP contribution is 2.20. The quantitative estimate of drug-likeness (QED) is 0.758.